The van der Waals surface area contributed by atoms with Crippen molar-refractivity contribution in [3.63, 3.8) is 0 Å². The minimum Gasteiger partial charge on any atom is -0.504 e. The predicted octanol–water partition coefficient (Wildman–Crippen LogP) is 2.19. The van der Waals surface area contributed by atoms with Crippen molar-refractivity contribution in [2.24, 2.45) is 5.10 Å². The molecule has 1 amide bonds. The van der Waals surface area contributed by atoms with E-state index in [9.17, 15) is 15.0 Å². The Kier molecular flexibility index (Phi) is 5.94. The number of hydrogen-bond donors (Lipinski definition) is 3. The highest BCUT2D eigenvalue weighted by molar-refractivity contribution is 14.1. The van der Waals surface area contributed by atoms with Crippen LogP contribution in [0.5, 0.6) is 11.5 Å². The molecule has 0 aliphatic carbocycles. The molecule has 0 aromatic heterocycles. The lowest BCUT2D eigenvalue weighted by Crippen LogP contribution is -2.25. The molecular formula is C16H15IN2O4. The summed E-state index contributed by atoms with van der Waals surface area (Å²) in [6.45, 7) is 0. The molecule has 0 saturated heterocycles. The average molecular weight is 426 g/mol. The summed E-state index contributed by atoms with van der Waals surface area (Å²) in [5.41, 5.74) is 3.40. The summed E-state index contributed by atoms with van der Waals surface area (Å²) in [6.07, 6.45) is 0.113. The summed E-state index contributed by atoms with van der Waals surface area (Å²) in [6, 6.07) is 11.8. The molecule has 0 radical (unpaired) electrons. The van der Waals surface area contributed by atoms with Gasteiger partial charge in [-0.15, -0.1) is 0 Å². The number of benzene rings is 2. The lowest BCUT2D eigenvalue weighted by Gasteiger charge is -2.09. The van der Waals surface area contributed by atoms with Gasteiger partial charge < -0.3 is 14.9 Å². The van der Waals surface area contributed by atoms with E-state index in [4.69, 9.17) is 4.74 Å². The number of aliphatic hydroxyl groups is 1. The van der Waals surface area contributed by atoms with Crippen molar-refractivity contribution in [2.75, 3.05) is 7.11 Å². The number of phenolic OH excluding ortho intramolecular Hbond substituents is 1. The second kappa shape index (κ2) is 7.93. The molecule has 2 rings (SSSR count). The number of aromatic hydroxyl groups is 1. The van der Waals surface area contributed by atoms with Crippen molar-refractivity contribution in [2.45, 2.75) is 6.10 Å². The maximum Gasteiger partial charge on any atom is 0.273 e. The van der Waals surface area contributed by atoms with Gasteiger partial charge in [-0.25, -0.2) is 5.43 Å². The van der Waals surface area contributed by atoms with Crippen LogP contribution in [0, 0.1) is 3.57 Å². The number of nitrogens with one attached hydrogen (secondary N) is 1. The molecule has 120 valence electrons. The van der Waals surface area contributed by atoms with Crippen LogP contribution in [-0.4, -0.2) is 29.4 Å². The molecule has 0 unspecified atom stereocenters. The van der Waals surface area contributed by atoms with Gasteiger partial charge >= 0.3 is 0 Å². The van der Waals surface area contributed by atoms with E-state index < -0.39 is 12.0 Å². The van der Waals surface area contributed by atoms with Gasteiger partial charge in [0.2, 0.25) is 0 Å². The number of phenols is 1. The Labute approximate surface area is 146 Å². The summed E-state index contributed by atoms with van der Waals surface area (Å²) in [5.74, 6) is -0.268. The smallest absolute Gasteiger partial charge is 0.273 e. The number of hydrogen-bond acceptors (Lipinski definition) is 5. The number of hydrazone groups is 1. The summed E-state index contributed by atoms with van der Waals surface area (Å²) >= 11 is 1.96. The van der Waals surface area contributed by atoms with Crippen LogP contribution in [-0.2, 0) is 4.79 Å². The first-order chi connectivity index (χ1) is 11.0. The molecule has 0 fully saturated rings. The number of amides is 1. The normalized spacial score (nSPS) is 12.1. The summed E-state index contributed by atoms with van der Waals surface area (Å²) in [5, 5.41) is 23.5. The third-order valence-electron chi connectivity index (χ3n) is 3.02. The predicted molar refractivity (Wildman–Crippen MR) is 94.5 cm³/mol. The molecule has 2 aromatic rings. The first-order valence-electron chi connectivity index (χ1n) is 6.65. The summed E-state index contributed by atoms with van der Waals surface area (Å²) in [4.78, 5) is 11.8. The van der Waals surface area contributed by atoms with Crippen molar-refractivity contribution in [3.8, 4) is 11.5 Å². The standard InChI is InChI=1S/C16H15IN2O4/c1-23-13-8-10(7-12(17)15(13)21)9-18-19-16(22)14(20)11-5-3-2-4-6-11/h2-9,14,20-21H,1H3,(H,19,22)/b18-9-/t14-/m0/s1. The van der Waals surface area contributed by atoms with Gasteiger partial charge in [0.15, 0.2) is 17.6 Å². The quantitative estimate of drug-likeness (QED) is 0.389. The number of rotatable bonds is 5. The van der Waals surface area contributed by atoms with Crippen LogP contribution in [0.15, 0.2) is 47.6 Å². The molecule has 6 nitrogen and oxygen atoms in total. The average Bonchev–Trinajstić information content (AvgIpc) is 2.57. The molecule has 1 atom stereocenters. The second-order valence-corrected chi connectivity index (χ2v) is 5.76. The van der Waals surface area contributed by atoms with Crippen LogP contribution >= 0.6 is 22.6 Å². The summed E-state index contributed by atoms with van der Waals surface area (Å²) < 4.78 is 5.64. The van der Waals surface area contributed by atoms with Gasteiger partial charge in [0.1, 0.15) is 0 Å². The van der Waals surface area contributed by atoms with Gasteiger partial charge in [0, 0.05) is 0 Å². The first-order valence-corrected chi connectivity index (χ1v) is 7.73. The van der Waals surface area contributed by atoms with Crippen molar-refractivity contribution in [1.82, 2.24) is 5.43 Å². The van der Waals surface area contributed by atoms with Gasteiger partial charge in [-0.05, 0) is 45.9 Å². The van der Waals surface area contributed by atoms with E-state index in [0.717, 1.165) is 0 Å². The van der Waals surface area contributed by atoms with Gasteiger partial charge in [0.25, 0.3) is 5.91 Å². The number of nitrogens with zero attached hydrogens (tertiary/aromatic N) is 1. The fourth-order valence-corrected chi connectivity index (χ4v) is 2.47. The molecule has 0 aliphatic heterocycles. The van der Waals surface area contributed by atoms with E-state index in [1.165, 1.54) is 13.3 Å². The zero-order valence-corrected chi connectivity index (χ0v) is 14.4. The van der Waals surface area contributed by atoms with Crippen molar-refractivity contribution < 1.29 is 19.7 Å². The molecule has 0 bridgehead atoms. The first kappa shape index (κ1) is 17.2. The number of aliphatic hydroxyl groups excluding tert-OH is 1. The Morgan fingerprint density at radius 1 is 1.35 bits per heavy atom. The monoisotopic (exact) mass is 426 g/mol. The van der Waals surface area contributed by atoms with Gasteiger partial charge in [-0.3, -0.25) is 4.79 Å². The van der Waals surface area contributed by atoms with Crippen molar-refractivity contribution in [1.29, 1.82) is 0 Å². The third-order valence-corrected chi connectivity index (χ3v) is 3.85. The maximum absolute atomic E-state index is 11.8. The minimum atomic E-state index is -1.29. The van der Waals surface area contributed by atoms with E-state index >= 15 is 0 Å². The highest BCUT2D eigenvalue weighted by Crippen LogP contribution is 2.31. The Balaban J connectivity index is 2.04. The third kappa shape index (κ3) is 4.42. The zero-order chi connectivity index (χ0) is 16.8. The molecule has 0 spiro atoms. The molecule has 0 heterocycles. The zero-order valence-electron chi connectivity index (χ0n) is 12.2. The van der Waals surface area contributed by atoms with Gasteiger partial charge in [0.05, 0.1) is 16.9 Å². The number of carbonyl (C=O) groups is 1. The van der Waals surface area contributed by atoms with Crippen LogP contribution < -0.4 is 10.2 Å². The lowest BCUT2D eigenvalue weighted by atomic mass is 10.1. The molecule has 0 saturated carbocycles. The number of halogens is 1. The summed E-state index contributed by atoms with van der Waals surface area (Å²) in [7, 11) is 1.45. The molecular weight excluding hydrogens is 411 g/mol. The second-order valence-electron chi connectivity index (χ2n) is 4.60. The molecule has 3 N–H and O–H groups in total. The fraction of sp³-hybridized carbons (Fsp3) is 0.125. The molecule has 2 aromatic carbocycles. The molecule has 23 heavy (non-hydrogen) atoms. The SMILES string of the molecule is COc1cc(/C=N\NC(=O)[C@@H](O)c2ccccc2)cc(I)c1O. The van der Waals surface area contributed by atoms with E-state index in [-0.39, 0.29) is 5.75 Å². The number of ether oxygens (including phenoxy) is 1. The Bertz CT molecular complexity index is 720. The van der Waals surface area contributed by atoms with Crippen LogP contribution in [0.1, 0.15) is 17.2 Å². The van der Waals surface area contributed by atoms with Crippen molar-refractivity contribution in [3.05, 3.63) is 57.2 Å². The van der Waals surface area contributed by atoms with Crippen LogP contribution in [0.25, 0.3) is 0 Å². The Morgan fingerprint density at radius 3 is 2.70 bits per heavy atom. The van der Waals surface area contributed by atoms with Crippen LogP contribution in [0.3, 0.4) is 0 Å². The van der Waals surface area contributed by atoms with E-state index in [2.05, 4.69) is 10.5 Å². The van der Waals surface area contributed by atoms with Crippen molar-refractivity contribution >= 4 is 34.7 Å². The highest BCUT2D eigenvalue weighted by Gasteiger charge is 2.16. The molecule has 0 aliphatic rings. The minimum absolute atomic E-state index is 0.0498. The van der Waals surface area contributed by atoms with Gasteiger partial charge in [-0.1, -0.05) is 30.3 Å². The van der Waals surface area contributed by atoms with Crippen LogP contribution in [0.4, 0.5) is 0 Å². The Hall–Kier alpha value is -2.13. The van der Waals surface area contributed by atoms with Crippen LogP contribution in [0.2, 0.25) is 0 Å². The van der Waals surface area contributed by atoms with Gasteiger partial charge in [-0.2, -0.15) is 5.10 Å². The number of carbonyl (C=O) groups excluding carboxylic acids is 1. The highest BCUT2D eigenvalue weighted by atomic mass is 127. The van der Waals surface area contributed by atoms with E-state index in [1.54, 1.807) is 42.5 Å². The Morgan fingerprint density at radius 2 is 2.04 bits per heavy atom. The largest absolute Gasteiger partial charge is 0.504 e. The lowest BCUT2D eigenvalue weighted by molar-refractivity contribution is -0.129. The number of methoxy groups -OCH3 is 1. The maximum atomic E-state index is 11.8. The topological polar surface area (TPSA) is 91.2 Å². The van der Waals surface area contributed by atoms with E-state index in [0.29, 0.717) is 20.4 Å². The van der Waals surface area contributed by atoms with E-state index in [1.807, 2.05) is 22.6 Å². The molecule has 7 heteroatoms. The fourth-order valence-electron chi connectivity index (χ4n) is 1.84.